The monoisotopic (exact) mass is 429 g/mol. The number of pyridine rings is 2. The molecule has 0 aliphatic carbocycles. The molecule has 1 fully saturated rings. The van der Waals surface area contributed by atoms with Gasteiger partial charge in [-0.3, -0.25) is 19.4 Å². The number of rotatable bonds is 5. The zero-order chi connectivity index (χ0) is 22.1. The lowest BCUT2D eigenvalue weighted by Crippen LogP contribution is -2.31. The third-order valence-corrected chi connectivity index (χ3v) is 6.13. The van der Waals surface area contributed by atoms with Crippen LogP contribution in [0.15, 0.2) is 61.2 Å². The van der Waals surface area contributed by atoms with Crippen LogP contribution >= 0.6 is 0 Å². The van der Waals surface area contributed by atoms with E-state index in [4.69, 9.17) is 0 Å². The highest BCUT2D eigenvalue weighted by molar-refractivity contribution is 5.97. The molecule has 7 heteroatoms. The number of hydrogen-bond acceptors (Lipinski definition) is 5. The maximum absolute atomic E-state index is 13.1. The number of piperidine rings is 1. The van der Waals surface area contributed by atoms with Crippen molar-refractivity contribution < 1.29 is 9.18 Å². The molecule has 1 aromatic carbocycles. The van der Waals surface area contributed by atoms with Gasteiger partial charge in [-0.1, -0.05) is 0 Å². The van der Waals surface area contributed by atoms with E-state index in [1.54, 1.807) is 12.4 Å². The molecule has 0 saturated carbocycles. The first-order valence-electron chi connectivity index (χ1n) is 10.8. The molecule has 0 atom stereocenters. The van der Waals surface area contributed by atoms with Crippen molar-refractivity contribution >= 4 is 16.6 Å². The second-order valence-electron chi connectivity index (χ2n) is 8.44. The summed E-state index contributed by atoms with van der Waals surface area (Å²) < 4.78 is 15.2. The Morgan fingerprint density at radius 2 is 1.78 bits per heavy atom. The minimum absolute atomic E-state index is 0.0921. The van der Waals surface area contributed by atoms with Gasteiger partial charge in [-0.05, 0) is 74.8 Å². The molecule has 1 saturated heterocycles. The minimum Gasteiger partial charge on any atom is -0.306 e. The Hall–Kier alpha value is -3.45. The number of fused-ring (bicyclic) bond motifs is 1. The van der Waals surface area contributed by atoms with Gasteiger partial charge in [-0.25, -0.2) is 4.39 Å². The average Bonchev–Trinajstić information content (AvgIpc) is 3.30. The molecule has 6 nitrogen and oxygen atoms in total. The number of halogens is 1. The lowest BCUT2D eigenvalue weighted by atomic mass is 10.0. The number of carbonyl (C=O) groups excluding carboxylic acids is 1. The molecular weight excluding hydrogens is 405 g/mol. The van der Waals surface area contributed by atoms with Gasteiger partial charge in [0.05, 0.1) is 24.4 Å². The Morgan fingerprint density at radius 1 is 1.03 bits per heavy atom. The van der Waals surface area contributed by atoms with Crippen molar-refractivity contribution in [3.63, 3.8) is 0 Å². The first-order valence-corrected chi connectivity index (χ1v) is 10.8. The molecule has 4 aromatic rings. The largest absolute Gasteiger partial charge is 0.306 e. The highest BCUT2D eigenvalue weighted by atomic mass is 19.1. The summed E-state index contributed by atoms with van der Waals surface area (Å²) in [6.07, 6.45) is 9.83. The average molecular weight is 429 g/mol. The third kappa shape index (κ3) is 4.29. The van der Waals surface area contributed by atoms with Gasteiger partial charge in [-0.2, -0.15) is 5.10 Å². The minimum atomic E-state index is -0.357. The van der Waals surface area contributed by atoms with Crippen LogP contribution < -0.4 is 0 Å². The van der Waals surface area contributed by atoms with Crippen LogP contribution in [-0.4, -0.2) is 50.6 Å². The van der Waals surface area contributed by atoms with E-state index in [1.807, 2.05) is 18.3 Å². The second-order valence-corrected chi connectivity index (χ2v) is 8.44. The quantitative estimate of drug-likeness (QED) is 0.442. The van der Waals surface area contributed by atoms with Crippen molar-refractivity contribution in [2.24, 2.45) is 0 Å². The molecule has 0 amide bonds. The molecule has 5 rings (SSSR count). The van der Waals surface area contributed by atoms with Crippen molar-refractivity contribution in [1.82, 2.24) is 24.6 Å². The summed E-state index contributed by atoms with van der Waals surface area (Å²) in [5.41, 5.74) is 2.97. The van der Waals surface area contributed by atoms with E-state index in [9.17, 15) is 9.18 Å². The standard InChI is InChI=1S/C25H24FN5O/c1-30-8-6-23(7-9-30)31-16-20(15-29-31)24-11-18-10-22(27-13-19(18)14-28-24)12-25(32)17-2-4-21(26)5-3-17/h2-5,10-11,13-16,23H,6-9,12H2,1H3. The fraction of sp³-hybridized carbons (Fsp3) is 0.280. The number of ketones is 1. The van der Waals surface area contributed by atoms with E-state index in [0.29, 0.717) is 17.3 Å². The van der Waals surface area contributed by atoms with Crippen molar-refractivity contribution in [2.75, 3.05) is 20.1 Å². The van der Waals surface area contributed by atoms with Crippen LogP contribution in [0, 0.1) is 5.82 Å². The number of nitrogens with zero attached hydrogens (tertiary/aromatic N) is 5. The highest BCUT2D eigenvalue weighted by Gasteiger charge is 2.19. The van der Waals surface area contributed by atoms with Gasteiger partial charge in [0.1, 0.15) is 5.82 Å². The zero-order valence-corrected chi connectivity index (χ0v) is 17.9. The van der Waals surface area contributed by atoms with E-state index in [0.717, 1.165) is 48.0 Å². The van der Waals surface area contributed by atoms with Crippen LogP contribution in [0.5, 0.6) is 0 Å². The van der Waals surface area contributed by atoms with Crippen molar-refractivity contribution in [1.29, 1.82) is 0 Å². The van der Waals surface area contributed by atoms with Crippen LogP contribution in [0.2, 0.25) is 0 Å². The Labute approximate surface area is 185 Å². The molecule has 0 spiro atoms. The van der Waals surface area contributed by atoms with E-state index < -0.39 is 0 Å². The van der Waals surface area contributed by atoms with Crippen molar-refractivity contribution in [3.8, 4) is 11.3 Å². The Kier molecular flexibility index (Phi) is 5.49. The summed E-state index contributed by atoms with van der Waals surface area (Å²) in [6.45, 7) is 2.17. The molecule has 162 valence electrons. The fourth-order valence-electron chi connectivity index (χ4n) is 4.17. The van der Waals surface area contributed by atoms with Gasteiger partial charge in [-0.15, -0.1) is 0 Å². The molecule has 1 aliphatic heterocycles. The molecule has 0 radical (unpaired) electrons. The Balaban J connectivity index is 1.36. The summed E-state index contributed by atoms with van der Waals surface area (Å²) in [6, 6.07) is 9.96. The first kappa shape index (κ1) is 20.5. The Morgan fingerprint density at radius 3 is 2.56 bits per heavy atom. The molecule has 0 unspecified atom stereocenters. The maximum atomic E-state index is 13.1. The van der Waals surface area contributed by atoms with Crippen LogP contribution in [0.25, 0.3) is 22.0 Å². The maximum Gasteiger partial charge on any atom is 0.168 e. The topological polar surface area (TPSA) is 63.9 Å². The molecule has 32 heavy (non-hydrogen) atoms. The van der Waals surface area contributed by atoms with E-state index in [1.165, 1.54) is 24.3 Å². The summed E-state index contributed by atoms with van der Waals surface area (Å²) in [4.78, 5) is 23.9. The van der Waals surface area contributed by atoms with Gasteiger partial charge in [0, 0.05) is 40.8 Å². The van der Waals surface area contributed by atoms with Crippen LogP contribution in [-0.2, 0) is 6.42 Å². The third-order valence-electron chi connectivity index (χ3n) is 6.13. The molecule has 0 N–H and O–H groups in total. The van der Waals surface area contributed by atoms with E-state index in [-0.39, 0.29) is 18.0 Å². The number of hydrogen-bond donors (Lipinski definition) is 0. The van der Waals surface area contributed by atoms with Crippen molar-refractivity contribution in [2.45, 2.75) is 25.3 Å². The van der Waals surface area contributed by atoms with Gasteiger partial charge in [0.2, 0.25) is 0 Å². The molecule has 1 aliphatic rings. The lowest BCUT2D eigenvalue weighted by molar-refractivity contribution is 0.0992. The fourth-order valence-corrected chi connectivity index (χ4v) is 4.17. The summed E-state index contributed by atoms with van der Waals surface area (Å²) in [5, 5.41) is 6.48. The summed E-state index contributed by atoms with van der Waals surface area (Å²) in [5.74, 6) is -0.449. The number of carbonyl (C=O) groups is 1. The SMILES string of the molecule is CN1CCC(n2cc(-c3cc4cc(CC(=O)c5ccc(F)cc5)ncc4cn3)cn2)CC1. The zero-order valence-electron chi connectivity index (χ0n) is 17.9. The summed E-state index contributed by atoms with van der Waals surface area (Å²) >= 11 is 0. The molecule has 3 aromatic heterocycles. The number of likely N-dealkylation sites (tertiary alicyclic amines) is 1. The molecule has 0 bridgehead atoms. The van der Waals surface area contributed by atoms with Gasteiger partial charge in [0.25, 0.3) is 0 Å². The van der Waals surface area contributed by atoms with E-state index in [2.05, 4.69) is 37.9 Å². The predicted octanol–water partition coefficient (Wildman–Crippen LogP) is 4.32. The molecule has 4 heterocycles. The van der Waals surface area contributed by atoms with Crippen LogP contribution in [0.1, 0.15) is 34.9 Å². The predicted molar refractivity (Wildman–Crippen MR) is 121 cm³/mol. The van der Waals surface area contributed by atoms with Gasteiger partial charge >= 0.3 is 0 Å². The van der Waals surface area contributed by atoms with Crippen LogP contribution in [0.4, 0.5) is 4.39 Å². The smallest absolute Gasteiger partial charge is 0.168 e. The van der Waals surface area contributed by atoms with Crippen molar-refractivity contribution in [3.05, 3.63) is 78.3 Å². The number of benzene rings is 1. The number of aromatic nitrogens is 4. The summed E-state index contributed by atoms with van der Waals surface area (Å²) in [7, 11) is 2.15. The van der Waals surface area contributed by atoms with Gasteiger partial charge in [0.15, 0.2) is 5.78 Å². The second kappa shape index (κ2) is 8.59. The lowest BCUT2D eigenvalue weighted by Gasteiger charge is -2.28. The first-order chi connectivity index (χ1) is 15.5. The highest BCUT2D eigenvalue weighted by Crippen LogP contribution is 2.26. The normalized spacial score (nSPS) is 15.3. The Bertz CT molecular complexity index is 1260. The van der Waals surface area contributed by atoms with E-state index >= 15 is 0 Å². The van der Waals surface area contributed by atoms with Gasteiger partial charge < -0.3 is 4.90 Å². The van der Waals surface area contributed by atoms with Crippen LogP contribution in [0.3, 0.4) is 0 Å². The molecular formula is C25H24FN5O. The number of Topliss-reactive ketones (excluding diaryl/α,β-unsaturated/α-hetero) is 1.